The first-order chi connectivity index (χ1) is 14.5. The number of nitrogens with zero attached hydrogens (tertiary/aromatic N) is 2. The SMILES string of the molecule is CC1C=C(C(=O)c2nn(-c3ccc(Cl)cc3)ccc2=O)C=CC1OC1CCCCO1. The van der Waals surface area contributed by atoms with Crippen LogP contribution in [-0.2, 0) is 9.47 Å². The molecule has 1 aliphatic carbocycles. The standard InChI is InChI=1S/C23H23ClN2O4/c1-15-14-16(5-10-20(15)30-21-4-2-3-13-29-21)23(28)22-19(27)11-12-26(25-22)18-8-6-17(24)7-9-18/h5-12,14-15,20-21H,2-4,13H2,1H3. The van der Waals surface area contributed by atoms with E-state index in [-0.39, 0.29) is 24.0 Å². The summed E-state index contributed by atoms with van der Waals surface area (Å²) in [6.07, 6.45) is 9.59. The van der Waals surface area contributed by atoms with Crippen molar-refractivity contribution in [2.45, 2.75) is 38.6 Å². The summed E-state index contributed by atoms with van der Waals surface area (Å²) in [5.74, 6) is -0.430. The number of ketones is 1. The summed E-state index contributed by atoms with van der Waals surface area (Å²) in [5.41, 5.74) is 0.605. The van der Waals surface area contributed by atoms with Gasteiger partial charge in [0.25, 0.3) is 0 Å². The highest BCUT2D eigenvalue weighted by molar-refractivity contribution is 6.30. The monoisotopic (exact) mass is 426 g/mol. The minimum Gasteiger partial charge on any atom is -0.353 e. The van der Waals surface area contributed by atoms with Crippen molar-refractivity contribution >= 4 is 17.4 Å². The molecule has 0 N–H and O–H groups in total. The number of rotatable bonds is 5. The van der Waals surface area contributed by atoms with Crippen molar-refractivity contribution in [2.75, 3.05) is 6.61 Å². The van der Waals surface area contributed by atoms with Crippen molar-refractivity contribution in [2.24, 2.45) is 5.92 Å². The fourth-order valence-electron chi connectivity index (χ4n) is 3.56. The highest BCUT2D eigenvalue weighted by atomic mass is 35.5. The third-order valence-corrected chi connectivity index (χ3v) is 5.50. The fourth-order valence-corrected chi connectivity index (χ4v) is 3.69. The lowest BCUT2D eigenvalue weighted by molar-refractivity contribution is -0.184. The largest absolute Gasteiger partial charge is 0.353 e. The summed E-state index contributed by atoms with van der Waals surface area (Å²) >= 11 is 5.93. The first kappa shape index (κ1) is 20.7. The molecule has 0 bridgehead atoms. The Kier molecular flexibility index (Phi) is 6.27. The van der Waals surface area contributed by atoms with Gasteiger partial charge in [0, 0.05) is 35.4 Å². The van der Waals surface area contributed by atoms with Gasteiger partial charge in [0.1, 0.15) is 0 Å². The second-order valence-corrected chi connectivity index (χ2v) is 7.95. The number of halogens is 1. The summed E-state index contributed by atoms with van der Waals surface area (Å²) in [6, 6.07) is 8.33. The molecule has 1 aliphatic heterocycles. The van der Waals surface area contributed by atoms with Gasteiger partial charge in [-0.15, -0.1) is 0 Å². The maximum atomic E-state index is 13.0. The molecule has 0 amide bonds. The molecule has 7 heteroatoms. The molecule has 1 fully saturated rings. The van der Waals surface area contributed by atoms with Crippen LogP contribution in [0.1, 0.15) is 36.7 Å². The van der Waals surface area contributed by atoms with E-state index in [1.807, 2.05) is 19.1 Å². The number of benzene rings is 1. The first-order valence-corrected chi connectivity index (χ1v) is 10.5. The van der Waals surface area contributed by atoms with Crippen molar-refractivity contribution in [3.63, 3.8) is 0 Å². The van der Waals surface area contributed by atoms with Gasteiger partial charge in [-0.2, -0.15) is 5.10 Å². The Bertz CT molecular complexity index is 1040. The van der Waals surface area contributed by atoms with E-state index >= 15 is 0 Å². The van der Waals surface area contributed by atoms with Crippen LogP contribution in [0.25, 0.3) is 5.69 Å². The molecule has 0 saturated carbocycles. The second kappa shape index (κ2) is 9.08. The van der Waals surface area contributed by atoms with Gasteiger partial charge < -0.3 is 9.47 Å². The van der Waals surface area contributed by atoms with E-state index in [0.717, 1.165) is 19.3 Å². The van der Waals surface area contributed by atoms with Gasteiger partial charge in [-0.3, -0.25) is 9.59 Å². The third-order valence-electron chi connectivity index (χ3n) is 5.25. The number of aromatic nitrogens is 2. The maximum Gasteiger partial charge on any atom is 0.216 e. The highest BCUT2D eigenvalue weighted by Crippen LogP contribution is 2.25. The number of hydrogen-bond donors (Lipinski definition) is 0. The van der Waals surface area contributed by atoms with E-state index in [1.165, 1.54) is 16.9 Å². The molecule has 30 heavy (non-hydrogen) atoms. The van der Waals surface area contributed by atoms with E-state index in [4.69, 9.17) is 21.1 Å². The quantitative estimate of drug-likeness (QED) is 0.673. The number of allylic oxidation sites excluding steroid dienone is 2. The summed E-state index contributed by atoms with van der Waals surface area (Å²) in [6.45, 7) is 2.70. The van der Waals surface area contributed by atoms with Gasteiger partial charge >= 0.3 is 0 Å². The van der Waals surface area contributed by atoms with Crippen molar-refractivity contribution in [1.29, 1.82) is 0 Å². The molecule has 156 valence electrons. The molecule has 1 saturated heterocycles. The van der Waals surface area contributed by atoms with Crippen LogP contribution in [0.3, 0.4) is 0 Å². The van der Waals surface area contributed by atoms with E-state index in [0.29, 0.717) is 22.9 Å². The Morgan fingerprint density at radius 1 is 1.23 bits per heavy atom. The van der Waals surface area contributed by atoms with Crippen molar-refractivity contribution < 1.29 is 14.3 Å². The topological polar surface area (TPSA) is 70.4 Å². The minimum absolute atomic E-state index is 0.0262. The molecule has 4 rings (SSSR count). The number of carbonyl (C=O) groups is 1. The van der Waals surface area contributed by atoms with Gasteiger partial charge in [-0.25, -0.2) is 4.68 Å². The van der Waals surface area contributed by atoms with Crippen molar-refractivity contribution in [3.05, 3.63) is 81.3 Å². The Labute approximate surface area is 179 Å². The second-order valence-electron chi connectivity index (χ2n) is 7.52. The lowest BCUT2D eigenvalue weighted by Crippen LogP contribution is -2.31. The van der Waals surface area contributed by atoms with Crippen LogP contribution in [0.15, 0.2) is 65.1 Å². The predicted molar refractivity (Wildman–Crippen MR) is 114 cm³/mol. The lowest BCUT2D eigenvalue weighted by atomic mass is 9.92. The van der Waals surface area contributed by atoms with Crippen LogP contribution in [-0.4, -0.2) is 34.6 Å². The average molecular weight is 427 g/mol. The average Bonchev–Trinajstić information content (AvgIpc) is 2.76. The molecule has 3 atom stereocenters. The predicted octanol–water partition coefficient (Wildman–Crippen LogP) is 4.11. The molecule has 2 aliphatic rings. The van der Waals surface area contributed by atoms with Crippen molar-refractivity contribution in [3.8, 4) is 5.69 Å². The number of ether oxygens (including phenoxy) is 2. The summed E-state index contributed by atoms with van der Waals surface area (Å²) in [7, 11) is 0. The Hall–Kier alpha value is -2.54. The van der Waals surface area contributed by atoms with Gasteiger partial charge in [0.15, 0.2) is 12.0 Å². The Balaban J connectivity index is 1.52. The summed E-state index contributed by atoms with van der Waals surface area (Å²) in [5, 5.41) is 4.87. The molecule has 2 aromatic rings. The van der Waals surface area contributed by atoms with Gasteiger partial charge in [0.05, 0.1) is 11.8 Å². The van der Waals surface area contributed by atoms with Crippen LogP contribution in [0.5, 0.6) is 0 Å². The Morgan fingerprint density at radius 3 is 2.73 bits per heavy atom. The minimum atomic E-state index is -0.416. The van der Waals surface area contributed by atoms with Gasteiger partial charge in [-0.05, 0) is 43.5 Å². The maximum absolute atomic E-state index is 13.0. The molecule has 2 heterocycles. The summed E-state index contributed by atoms with van der Waals surface area (Å²) < 4.78 is 13.2. The van der Waals surface area contributed by atoms with Gasteiger partial charge in [-0.1, -0.05) is 36.8 Å². The van der Waals surface area contributed by atoms with E-state index in [9.17, 15) is 9.59 Å². The zero-order valence-corrected chi connectivity index (χ0v) is 17.4. The molecule has 1 aromatic heterocycles. The van der Waals surface area contributed by atoms with Crippen molar-refractivity contribution in [1.82, 2.24) is 9.78 Å². The third kappa shape index (κ3) is 4.61. The highest BCUT2D eigenvalue weighted by Gasteiger charge is 2.26. The Morgan fingerprint density at radius 2 is 2.03 bits per heavy atom. The number of hydrogen-bond acceptors (Lipinski definition) is 5. The van der Waals surface area contributed by atoms with Crippen LogP contribution < -0.4 is 5.43 Å². The van der Waals surface area contributed by atoms with E-state index in [1.54, 1.807) is 30.3 Å². The summed E-state index contributed by atoms with van der Waals surface area (Å²) in [4.78, 5) is 25.4. The first-order valence-electron chi connectivity index (χ1n) is 10.1. The van der Waals surface area contributed by atoms with Crippen LogP contribution in [0.2, 0.25) is 5.02 Å². The normalized spacial score (nSPS) is 23.8. The molecule has 1 aromatic carbocycles. The van der Waals surface area contributed by atoms with E-state index < -0.39 is 11.2 Å². The van der Waals surface area contributed by atoms with Crippen LogP contribution in [0.4, 0.5) is 0 Å². The smallest absolute Gasteiger partial charge is 0.216 e. The van der Waals surface area contributed by atoms with Gasteiger partial charge in [0.2, 0.25) is 11.2 Å². The molecular weight excluding hydrogens is 404 g/mol. The molecule has 6 nitrogen and oxygen atoms in total. The zero-order valence-electron chi connectivity index (χ0n) is 16.7. The zero-order chi connectivity index (χ0) is 21.1. The lowest BCUT2D eigenvalue weighted by Gasteiger charge is -2.30. The fraction of sp³-hybridized carbons (Fsp3) is 0.348. The molecule has 0 radical (unpaired) electrons. The molecule has 3 unspecified atom stereocenters. The molecule has 0 spiro atoms. The van der Waals surface area contributed by atoms with Crippen LogP contribution >= 0.6 is 11.6 Å². The number of carbonyl (C=O) groups excluding carboxylic acids is 1. The van der Waals surface area contributed by atoms with E-state index in [2.05, 4.69) is 5.10 Å². The molecular formula is C23H23ClN2O4. The number of Topliss-reactive ketones (excluding diaryl/α,β-unsaturated/α-hetero) is 1. The van der Waals surface area contributed by atoms with Crippen LogP contribution in [0, 0.1) is 5.92 Å².